The molecule has 0 aliphatic carbocycles. The normalized spacial score (nSPS) is 13.5. The van der Waals surface area contributed by atoms with Gasteiger partial charge in [0.15, 0.2) is 6.10 Å². The van der Waals surface area contributed by atoms with Crippen molar-refractivity contribution in [2.75, 3.05) is 13.2 Å². The molecule has 0 aromatic carbocycles. The van der Waals surface area contributed by atoms with Gasteiger partial charge < -0.3 is 14.6 Å². The number of carbonyl (C=O) groups excluding carboxylic acids is 2. The number of rotatable bonds is 65. The van der Waals surface area contributed by atoms with Gasteiger partial charge in [-0.2, -0.15) is 0 Å². The Hall–Kier alpha value is -5.52. The summed E-state index contributed by atoms with van der Waals surface area (Å²) in [5, 5.41) is 9.71. The molecule has 5 nitrogen and oxygen atoms in total. The number of allylic oxidation sites excluding steroid dienone is 34. The maximum atomic E-state index is 12.4. The molecule has 0 aromatic rings. The van der Waals surface area contributed by atoms with Gasteiger partial charge in [-0.3, -0.25) is 9.59 Å². The molecule has 0 aliphatic rings. The van der Waals surface area contributed by atoms with E-state index >= 15 is 0 Å². The van der Waals surface area contributed by atoms with E-state index in [0.29, 0.717) is 12.8 Å². The van der Waals surface area contributed by atoms with Crippen molar-refractivity contribution in [3.63, 3.8) is 0 Å². The fourth-order valence-corrected chi connectivity index (χ4v) is 9.68. The van der Waals surface area contributed by atoms with Crippen molar-refractivity contribution in [1.82, 2.24) is 0 Å². The third-order valence-corrected chi connectivity index (χ3v) is 15.1. The van der Waals surface area contributed by atoms with E-state index in [-0.39, 0.29) is 25.2 Å². The van der Waals surface area contributed by atoms with Crippen LogP contribution in [-0.4, -0.2) is 36.4 Å². The van der Waals surface area contributed by atoms with E-state index in [1.807, 2.05) is 0 Å². The first-order chi connectivity index (χ1) is 44.6. The molecule has 504 valence electrons. The first kappa shape index (κ1) is 84.5. The van der Waals surface area contributed by atoms with E-state index in [1.165, 1.54) is 109 Å². The van der Waals surface area contributed by atoms with Crippen molar-refractivity contribution in [3.8, 4) is 0 Å². The minimum atomic E-state index is -0.796. The number of hydrogen-bond donors (Lipinski definition) is 1. The van der Waals surface area contributed by atoms with Gasteiger partial charge >= 0.3 is 11.9 Å². The molecule has 0 bridgehead atoms. The molecule has 0 radical (unpaired) electrons. The van der Waals surface area contributed by atoms with Crippen LogP contribution in [0.4, 0.5) is 0 Å². The molecule has 5 heteroatoms. The number of unbranched alkanes of at least 4 members (excludes halogenated alkanes) is 23. The number of esters is 2. The van der Waals surface area contributed by atoms with E-state index in [9.17, 15) is 14.7 Å². The second-order valence-electron chi connectivity index (χ2n) is 23.6. The standard InChI is InChI=1S/C85H134O5/c1-3-5-7-9-11-13-15-17-19-21-23-25-27-29-31-33-35-37-39-41-42-44-45-47-49-51-53-55-57-59-61-63-65-67-69-71-73-75-77-79-84(87)89-82-83(81-86)90-85(88)80-78-76-74-72-70-68-66-64-62-60-58-56-54-52-50-48-46-43-40-38-36-34-32-30-28-26-24-22-20-18-16-14-12-10-8-6-4-2/h5-8,11-14,17-20,23-26,29-32,35-38,41-43,46,50,52,56,58,62,64,83,86H,3-4,9-10,15-16,21-22,27-28,33-34,39-40,44-45,47-49,51,53-55,57,59-61,63,65-82H2,1-2H3/b7-5-,8-6-,13-11-,14-12-,19-17-,20-18-,25-23-,26-24-,31-29-,32-30-,37-35-,38-36-,42-41-,46-43-,52-50-,58-56-,64-62-. The molecule has 0 spiro atoms. The highest BCUT2D eigenvalue weighted by atomic mass is 16.6. The van der Waals surface area contributed by atoms with Crippen LogP contribution in [0.25, 0.3) is 0 Å². The van der Waals surface area contributed by atoms with Gasteiger partial charge in [0.05, 0.1) is 6.61 Å². The first-order valence-electron chi connectivity index (χ1n) is 36.6. The Kier molecular flexibility index (Phi) is 73.0. The molecular weight excluding hydrogens is 1100 g/mol. The van der Waals surface area contributed by atoms with E-state index in [0.717, 1.165) is 161 Å². The lowest BCUT2D eigenvalue weighted by Crippen LogP contribution is -2.28. The van der Waals surface area contributed by atoms with E-state index in [1.54, 1.807) is 0 Å². The summed E-state index contributed by atoms with van der Waals surface area (Å²) in [6, 6.07) is 0. The maximum absolute atomic E-state index is 12.4. The summed E-state index contributed by atoms with van der Waals surface area (Å²) in [4.78, 5) is 24.7. The summed E-state index contributed by atoms with van der Waals surface area (Å²) < 4.78 is 10.8. The second kappa shape index (κ2) is 77.7. The molecule has 1 N–H and O–H groups in total. The zero-order chi connectivity index (χ0) is 64.7. The lowest BCUT2D eigenvalue weighted by atomic mass is 10.0. The van der Waals surface area contributed by atoms with E-state index < -0.39 is 6.10 Å². The average molecular weight is 1240 g/mol. The van der Waals surface area contributed by atoms with Gasteiger partial charge in [-0.1, -0.05) is 342 Å². The molecule has 0 heterocycles. The van der Waals surface area contributed by atoms with Crippen LogP contribution >= 0.6 is 0 Å². The van der Waals surface area contributed by atoms with Gasteiger partial charge in [0.25, 0.3) is 0 Å². The van der Waals surface area contributed by atoms with Gasteiger partial charge in [0.2, 0.25) is 0 Å². The largest absolute Gasteiger partial charge is 0.462 e. The number of carbonyl (C=O) groups is 2. The van der Waals surface area contributed by atoms with Crippen LogP contribution in [0.5, 0.6) is 0 Å². The Labute approximate surface area is 555 Å². The van der Waals surface area contributed by atoms with Gasteiger partial charge in [-0.15, -0.1) is 0 Å². The second-order valence-corrected chi connectivity index (χ2v) is 23.6. The van der Waals surface area contributed by atoms with Crippen molar-refractivity contribution >= 4 is 11.9 Å². The van der Waals surface area contributed by atoms with Gasteiger partial charge in [0, 0.05) is 12.8 Å². The first-order valence-corrected chi connectivity index (χ1v) is 36.6. The van der Waals surface area contributed by atoms with Crippen LogP contribution in [-0.2, 0) is 19.1 Å². The van der Waals surface area contributed by atoms with Crippen molar-refractivity contribution in [2.45, 2.75) is 302 Å². The Morgan fingerprint density at radius 3 is 0.667 bits per heavy atom. The summed E-state index contributed by atoms with van der Waals surface area (Å²) in [5.41, 5.74) is 0. The summed E-state index contributed by atoms with van der Waals surface area (Å²) in [6.45, 7) is 3.90. The third kappa shape index (κ3) is 74.9. The van der Waals surface area contributed by atoms with E-state index in [2.05, 4.69) is 220 Å². The molecular formula is C85H134O5. The van der Waals surface area contributed by atoms with Gasteiger partial charge in [0.1, 0.15) is 6.61 Å². The van der Waals surface area contributed by atoms with Crippen LogP contribution in [0, 0.1) is 0 Å². The van der Waals surface area contributed by atoms with Crippen LogP contribution in [0.1, 0.15) is 296 Å². The quantitative estimate of drug-likeness (QED) is 0.0373. The summed E-state index contributed by atoms with van der Waals surface area (Å²) in [6.07, 6.45) is 124. The molecule has 90 heavy (non-hydrogen) atoms. The van der Waals surface area contributed by atoms with Crippen molar-refractivity contribution in [3.05, 3.63) is 207 Å². The van der Waals surface area contributed by atoms with E-state index in [4.69, 9.17) is 9.47 Å². The monoisotopic (exact) mass is 1240 g/mol. The third-order valence-electron chi connectivity index (χ3n) is 15.1. The van der Waals surface area contributed by atoms with Crippen LogP contribution in [0.2, 0.25) is 0 Å². The Morgan fingerprint density at radius 2 is 0.444 bits per heavy atom. The molecule has 1 unspecified atom stereocenters. The lowest BCUT2D eigenvalue weighted by molar-refractivity contribution is -0.161. The SMILES string of the molecule is CC/C=C\C/C=C\C/C=C\C/C=C\C/C=C\C/C=C\C/C=C\C/C=C\C/C=C\C/C=C\CCCCCCCCC(=O)OC(CO)COC(=O)CCCCCCCCCCCCCCCCCCC/C=C\C/C=C\C/C=C\C/C=C\C/C=C\C/C=C\C/C=C\CC. The molecule has 1 atom stereocenters. The lowest BCUT2D eigenvalue weighted by Gasteiger charge is -2.15. The smallest absolute Gasteiger partial charge is 0.306 e. The maximum Gasteiger partial charge on any atom is 0.306 e. The van der Waals surface area contributed by atoms with Gasteiger partial charge in [-0.25, -0.2) is 0 Å². The minimum absolute atomic E-state index is 0.0822. The fraction of sp³-hybridized carbons (Fsp3) is 0.576. The predicted molar refractivity (Wildman–Crippen MR) is 398 cm³/mol. The molecule has 0 fully saturated rings. The Balaban J connectivity index is 3.57. The Bertz CT molecular complexity index is 2090. The molecule has 0 saturated carbocycles. The predicted octanol–water partition coefficient (Wildman–Crippen LogP) is 26.1. The molecule has 0 saturated heterocycles. The molecule has 0 aliphatic heterocycles. The zero-order valence-corrected chi connectivity index (χ0v) is 57.8. The van der Waals surface area contributed by atoms with Crippen molar-refractivity contribution in [1.29, 1.82) is 0 Å². The Morgan fingerprint density at radius 1 is 0.256 bits per heavy atom. The van der Waals surface area contributed by atoms with Crippen LogP contribution < -0.4 is 0 Å². The number of hydrogen-bond acceptors (Lipinski definition) is 5. The van der Waals surface area contributed by atoms with Crippen LogP contribution in [0.15, 0.2) is 207 Å². The number of aliphatic hydroxyl groups is 1. The summed E-state index contributed by atoms with van der Waals surface area (Å²) >= 11 is 0. The molecule has 0 rings (SSSR count). The van der Waals surface area contributed by atoms with Gasteiger partial charge in [-0.05, 0) is 148 Å². The van der Waals surface area contributed by atoms with Crippen molar-refractivity contribution in [2.24, 2.45) is 0 Å². The molecule has 0 amide bonds. The topological polar surface area (TPSA) is 72.8 Å². The highest BCUT2D eigenvalue weighted by Gasteiger charge is 2.16. The van der Waals surface area contributed by atoms with Crippen molar-refractivity contribution < 1.29 is 24.2 Å². The molecule has 0 aromatic heterocycles. The summed E-state index contributed by atoms with van der Waals surface area (Å²) in [5.74, 6) is -0.613. The average Bonchev–Trinajstić information content (AvgIpc) is 3.62. The minimum Gasteiger partial charge on any atom is -0.462 e. The number of aliphatic hydroxyl groups excluding tert-OH is 1. The highest BCUT2D eigenvalue weighted by molar-refractivity contribution is 5.70. The fourth-order valence-electron chi connectivity index (χ4n) is 9.68. The zero-order valence-electron chi connectivity index (χ0n) is 57.8. The number of ether oxygens (including phenoxy) is 2. The van der Waals surface area contributed by atoms with Crippen LogP contribution in [0.3, 0.4) is 0 Å². The highest BCUT2D eigenvalue weighted by Crippen LogP contribution is 2.16. The summed E-state index contributed by atoms with van der Waals surface area (Å²) in [7, 11) is 0.